The largest absolute Gasteiger partial charge is 0.341 e. The number of carbonyl (C=O) groups is 1. The second-order valence-corrected chi connectivity index (χ2v) is 5.73. The van der Waals surface area contributed by atoms with Gasteiger partial charge in [0.1, 0.15) is 0 Å². The number of hydrogen-bond donors (Lipinski definition) is 1. The number of carbonyl (C=O) groups excluding carboxylic acids is 1. The molecule has 1 saturated heterocycles. The summed E-state index contributed by atoms with van der Waals surface area (Å²) in [5.41, 5.74) is 0.497. The Morgan fingerprint density at radius 2 is 1.92 bits per heavy atom. The van der Waals surface area contributed by atoms with Crippen molar-refractivity contribution >= 4 is 18.5 Å². The van der Waals surface area contributed by atoms with Gasteiger partial charge in [0.05, 0.1) is 5.25 Å². The average molecular weight is 199 g/mol. The van der Waals surface area contributed by atoms with Gasteiger partial charge in [-0.05, 0) is 24.2 Å². The molecule has 3 heteroatoms. The first-order chi connectivity index (χ1) is 5.94. The SMILES string of the molecule is CC(S)C(=O)N1CC2C(C1)C2(C)C. The van der Waals surface area contributed by atoms with Crippen molar-refractivity contribution in [2.75, 3.05) is 13.1 Å². The minimum Gasteiger partial charge on any atom is -0.341 e. The van der Waals surface area contributed by atoms with Crippen LogP contribution in [0.25, 0.3) is 0 Å². The van der Waals surface area contributed by atoms with Gasteiger partial charge in [-0.3, -0.25) is 4.79 Å². The quantitative estimate of drug-likeness (QED) is 0.633. The van der Waals surface area contributed by atoms with E-state index < -0.39 is 0 Å². The molecular formula is C10H17NOS. The third-order valence-corrected chi connectivity index (χ3v) is 4.01. The first kappa shape index (κ1) is 9.38. The molecule has 0 aromatic carbocycles. The van der Waals surface area contributed by atoms with E-state index in [2.05, 4.69) is 26.5 Å². The van der Waals surface area contributed by atoms with E-state index in [4.69, 9.17) is 0 Å². The summed E-state index contributed by atoms with van der Waals surface area (Å²) in [5.74, 6) is 1.71. The van der Waals surface area contributed by atoms with Crippen molar-refractivity contribution < 1.29 is 4.79 Å². The van der Waals surface area contributed by atoms with Gasteiger partial charge < -0.3 is 4.90 Å². The lowest BCUT2D eigenvalue weighted by Gasteiger charge is -2.23. The van der Waals surface area contributed by atoms with Crippen LogP contribution in [0.3, 0.4) is 0 Å². The normalized spacial score (nSPS) is 37.1. The molecule has 1 aliphatic carbocycles. The molecule has 2 aliphatic rings. The summed E-state index contributed by atoms with van der Waals surface area (Å²) in [5, 5.41) is -0.138. The van der Waals surface area contributed by atoms with Crippen LogP contribution in [0.4, 0.5) is 0 Å². The lowest BCUT2D eigenvalue weighted by molar-refractivity contribution is -0.130. The Morgan fingerprint density at radius 3 is 2.31 bits per heavy atom. The van der Waals surface area contributed by atoms with Crippen LogP contribution in [0, 0.1) is 17.3 Å². The number of likely N-dealkylation sites (tertiary alicyclic amines) is 1. The van der Waals surface area contributed by atoms with E-state index in [9.17, 15) is 4.79 Å². The molecular weight excluding hydrogens is 182 g/mol. The number of thiol groups is 1. The fourth-order valence-electron chi connectivity index (χ4n) is 2.58. The molecule has 0 radical (unpaired) electrons. The van der Waals surface area contributed by atoms with Crippen LogP contribution in [0.5, 0.6) is 0 Å². The van der Waals surface area contributed by atoms with Crippen LogP contribution in [0.1, 0.15) is 20.8 Å². The van der Waals surface area contributed by atoms with Gasteiger partial charge in [0.15, 0.2) is 0 Å². The molecule has 0 spiro atoms. The molecule has 74 valence electrons. The predicted octanol–water partition coefficient (Wildman–Crippen LogP) is 1.42. The van der Waals surface area contributed by atoms with E-state index in [1.165, 1.54) is 0 Å². The first-order valence-electron chi connectivity index (χ1n) is 4.91. The Morgan fingerprint density at radius 1 is 1.46 bits per heavy atom. The summed E-state index contributed by atoms with van der Waals surface area (Å²) >= 11 is 4.16. The van der Waals surface area contributed by atoms with Gasteiger partial charge in [-0.1, -0.05) is 13.8 Å². The molecule has 2 fully saturated rings. The zero-order chi connectivity index (χ0) is 9.80. The zero-order valence-corrected chi connectivity index (χ0v) is 9.34. The number of piperidine rings is 1. The van der Waals surface area contributed by atoms with Crippen LogP contribution in [0.15, 0.2) is 0 Å². The Labute approximate surface area is 85.1 Å². The lowest BCUT2D eigenvalue weighted by Crippen LogP contribution is -2.36. The molecule has 3 atom stereocenters. The van der Waals surface area contributed by atoms with Gasteiger partial charge in [-0.2, -0.15) is 12.6 Å². The standard InChI is InChI=1S/C10H17NOS/c1-6(13)9(12)11-4-7-8(5-11)10(7,2)3/h6-8,13H,4-5H2,1-3H3. The van der Waals surface area contributed by atoms with E-state index in [1.807, 2.05) is 11.8 Å². The van der Waals surface area contributed by atoms with E-state index in [0.29, 0.717) is 5.41 Å². The number of rotatable bonds is 1. The van der Waals surface area contributed by atoms with Crippen LogP contribution >= 0.6 is 12.6 Å². The van der Waals surface area contributed by atoms with Gasteiger partial charge >= 0.3 is 0 Å². The van der Waals surface area contributed by atoms with E-state index >= 15 is 0 Å². The number of hydrogen-bond acceptors (Lipinski definition) is 2. The highest BCUT2D eigenvalue weighted by atomic mass is 32.1. The highest BCUT2D eigenvalue weighted by Crippen LogP contribution is 2.61. The monoisotopic (exact) mass is 199 g/mol. The maximum absolute atomic E-state index is 11.6. The van der Waals surface area contributed by atoms with Crippen molar-refractivity contribution in [1.29, 1.82) is 0 Å². The second kappa shape index (κ2) is 2.66. The smallest absolute Gasteiger partial charge is 0.235 e. The number of amides is 1. The molecule has 0 N–H and O–H groups in total. The molecule has 2 rings (SSSR count). The molecule has 1 amide bonds. The van der Waals surface area contributed by atoms with Crippen molar-refractivity contribution in [2.24, 2.45) is 17.3 Å². The Kier molecular flexibility index (Phi) is 1.92. The highest BCUT2D eigenvalue weighted by molar-refractivity contribution is 7.81. The Hall–Kier alpha value is -0.180. The third-order valence-electron chi connectivity index (χ3n) is 3.79. The van der Waals surface area contributed by atoms with Crippen molar-refractivity contribution in [2.45, 2.75) is 26.0 Å². The van der Waals surface area contributed by atoms with E-state index in [1.54, 1.807) is 0 Å². The molecule has 0 aromatic heterocycles. The Balaban J connectivity index is 1.94. The summed E-state index contributed by atoms with van der Waals surface area (Å²) in [6.07, 6.45) is 0. The predicted molar refractivity (Wildman–Crippen MR) is 55.8 cm³/mol. The minimum absolute atomic E-state index is 0.138. The maximum Gasteiger partial charge on any atom is 0.235 e. The fourth-order valence-corrected chi connectivity index (χ4v) is 2.74. The molecule has 0 bridgehead atoms. The van der Waals surface area contributed by atoms with Gasteiger partial charge in [0.2, 0.25) is 5.91 Å². The Bertz CT molecular complexity index is 235. The van der Waals surface area contributed by atoms with Gasteiger partial charge in [-0.15, -0.1) is 0 Å². The molecule has 1 saturated carbocycles. The van der Waals surface area contributed by atoms with Crippen LogP contribution in [-0.2, 0) is 4.79 Å². The van der Waals surface area contributed by atoms with Crippen molar-refractivity contribution in [3.63, 3.8) is 0 Å². The number of nitrogens with zero attached hydrogens (tertiary/aromatic N) is 1. The summed E-state index contributed by atoms with van der Waals surface area (Å²) in [6.45, 7) is 8.37. The zero-order valence-electron chi connectivity index (χ0n) is 8.45. The van der Waals surface area contributed by atoms with Gasteiger partial charge in [0, 0.05) is 13.1 Å². The van der Waals surface area contributed by atoms with Gasteiger partial charge in [-0.25, -0.2) is 0 Å². The van der Waals surface area contributed by atoms with Crippen LogP contribution in [0.2, 0.25) is 0 Å². The average Bonchev–Trinajstić information content (AvgIpc) is 2.53. The van der Waals surface area contributed by atoms with Gasteiger partial charge in [0.25, 0.3) is 0 Å². The lowest BCUT2D eigenvalue weighted by atomic mass is 10.1. The van der Waals surface area contributed by atoms with Crippen LogP contribution in [-0.4, -0.2) is 29.1 Å². The first-order valence-corrected chi connectivity index (χ1v) is 5.43. The van der Waals surface area contributed by atoms with E-state index in [0.717, 1.165) is 24.9 Å². The van der Waals surface area contributed by atoms with Crippen molar-refractivity contribution in [1.82, 2.24) is 4.90 Å². The van der Waals surface area contributed by atoms with Crippen molar-refractivity contribution in [3.05, 3.63) is 0 Å². The molecule has 3 unspecified atom stereocenters. The minimum atomic E-state index is -0.138. The fraction of sp³-hybridized carbons (Fsp3) is 0.900. The number of fused-ring (bicyclic) bond motifs is 1. The molecule has 1 heterocycles. The molecule has 13 heavy (non-hydrogen) atoms. The summed E-state index contributed by atoms with van der Waals surface area (Å²) in [4.78, 5) is 13.5. The second-order valence-electron chi connectivity index (χ2n) is 4.95. The van der Waals surface area contributed by atoms with Crippen LogP contribution < -0.4 is 0 Å². The summed E-state index contributed by atoms with van der Waals surface area (Å²) in [7, 11) is 0. The topological polar surface area (TPSA) is 20.3 Å². The highest BCUT2D eigenvalue weighted by Gasteiger charge is 2.62. The molecule has 2 nitrogen and oxygen atoms in total. The summed E-state index contributed by atoms with van der Waals surface area (Å²) in [6, 6.07) is 0. The van der Waals surface area contributed by atoms with Crippen molar-refractivity contribution in [3.8, 4) is 0 Å². The molecule has 1 aliphatic heterocycles. The molecule has 0 aromatic rings. The summed E-state index contributed by atoms with van der Waals surface area (Å²) < 4.78 is 0. The third kappa shape index (κ3) is 1.28. The van der Waals surface area contributed by atoms with E-state index in [-0.39, 0.29) is 11.2 Å². The maximum atomic E-state index is 11.6.